The Morgan fingerprint density at radius 1 is 1.67 bits per heavy atom. The summed E-state index contributed by atoms with van der Waals surface area (Å²) in [5.74, 6) is 0. The first kappa shape index (κ1) is 11.6. The van der Waals surface area contributed by atoms with Crippen molar-refractivity contribution in [2.75, 3.05) is 13.1 Å². The standard InChI is InChI=1S/C11H17BrN2S/c1-2-5-14-6-3-9(13)10(14)11-8(12)4-7-15-11/h4,7,9-10H,2-3,5-6,13H2,1H3. The van der Waals surface area contributed by atoms with Crippen molar-refractivity contribution in [3.8, 4) is 0 Å². The molecule has 0 aromatic carbocycles. The zero-order valence-electron chi connectivity index (χ0n) is 8.95. The minimum Gasteiger partial charge on any atom is -0.326 e. The molecule has 0 radical (unpaired) electrons. The average Bonchev–Trinajstić information content (AvgIpc) is 2.75. The Labute approximate surface area is 104 Å². The molecule has 0 aliphatic carbocycles. The van der Waals surface area contributed by atoms with Crippen LogP contribution < -0.4 is 5.73 Å². The number of nitrogens with two attached hydrogens (primary N) is 1. The van der Waals surface area contributed by atoms with Crippen LogP contribution in [-0.2, 0) is 0 Å². The molecule has 2 nitrogen and oxygen atoms in total. The quantitative estimate of drug-likeness (QED) is 0.927. The van der Waals surface area contributed by atoms with Gasteiger partial charge in [-0.2, -0.15) is 0 Å². The molecule has 0 amide bonds. The lowest BCUT2D eigenvalue weighted by Gasteiger charge is -2.25. The summed E-state index contributed by atoms with van der Waals surface area (Å²) in [7, 11) is 0. The molecule has 0 spiro atoms. The topological polar surface area (TPSA) is 29.3 Å². The van der Waals surface area contributed by atoms with Crippen molar-refractivity contribution in [2.45, 2.75) is 31.8 Å². The van der Waals surface area contributed by atoms with Crippen molar-refractivity contribution in [2.24, 2.45) is 5.73 Å². The molecule has 1 aromatic rings. The van der Waals surface area contributed by atoms with Crippen LogP contribution in [0.5, 0.6) is 0 Å². The third-order valence-corrected chi connectivity index (χ3v) is 4.91. The number of hydrogen-bond acceptors (Lipinski definition) is 3. The Morgan fingerprint density at radius 2 is 2.47 bits per heavy atom. The summed E-state index contributed by atoms with van der Waals surface area (Å²) in [4.78, 5) is 3.91. The van der Waals surface area contributed by atoms with Crippen LogP contribution in [0.15, 0.2) is 15.9 Å². The van der Waals surface area contributed by atoms with Crippen LogP contribution in [-0.4, -0.2) is 24.0 Å². The van der Waals surface area contributed by atoms with Gasteiger partial charge in [0.05, 0.1) is 6.04 Å². The summed E-state index contributed by atoms with van der Waals surface area (Å²) >= 11 is 5.42. The van der Waals surface area contributed by atoms with Gasteiger partial charge in [0.15, 0.2) is 0 Å². The van der Waals surface area contributed by atoms with Crippen LogP contribution >= 0.6 is 27.3 Å². The van der Waals surface area contributed by atoms with Gasteiger partial charge in [-0.15, -0.1) is 11.3 Å². The summed E-state index contributed by atoms with van der Waals surface area (Å²) in [6.45, 7) is 4.52. The van der Waals surface area contributed by atoms with E-state index < -0.39 is 0 Å². The fraction of sp³-hybridized carbons (Fsp3) is 0.636. The highest BCUT2D eigenvalue weighted by atomic mass is 79.9. The maximum absolute atomic E-state index is 6.20. The number of thiophene rings is 1. The van der Waals surface area contributed by atoms with Crippen molar-refractivity contribution in [3.63, 3.8) is 0 Å². The zero-order valence-corrected chi connectivity index (χ0v) is 11.4. The molecule has 2 atom stereocenters. The van der Waals surface area contributed by atoms with E-state index in [-0.39, 0.29) is 0 Å². The lowest BCUT2D eigenvalue weighted by molar-refractivity contribution is 0.251. The van der Waals surface area contributed by atoms with Gasteiger partial charge in [0.2, 0.25) is 0 Å². The fourth-order valence-corrected chi connectivity index (χ4v) is 4.11. The summed E-state index contributed by atoms with van der Waals surface area (Å²) in [6, 6.07) is 2.85. The SMILES string of the molecule is CCCN1CCC(N)C1c1sccc1Br. The molecular formula is C11H17BrN2S. The first-order valence-electron chi connectivity index (χ1n) is 5.46. The van der Waals surface area contributed by atoms with Gasteiger partial charge in [0, 0.05) is 21.9 Å². The Kier molecular flexibility index (Phi) is 3.83. The van der Waals surface area contributed by atoms with Gasteiger partial charge in [0.1, 0.15) is 0 Å². The Morgan fingerprint density at radius 3 is 3.07 bits per heavy atom. The maximum Gasteiger partial charge on any atom is 0.0605 e. The largest absolute Gasteiger partial charge is 0.326 e. The van der Waals surface area contributed by atoms with E-state index in [9.17, 15) is 0 Å². The van der Waals surface area contributed by atoms with E-state index in [0.717, 1.165) is 19.5 Å². The maximum atomic E-state index is 6.20. The normalized spacial score (nSPS) is 27.4. The van der Waals surface area contributed by atoms with Gasteiger partial charge in [-0.05, 0) is 46.8 Å². The molecule has 15 heavy (non-hydrogen) atoms. The average molecular weight is 289 g/mol. The summed E-state index contributed by atoms with van der Waals surface area (Å²) in [5.41, 5.74) is 6.20. The van der Waals surface area contributed by atoms with Crippen molar-refractivity contribution in [1.29, 1.82) is 0 Å². The molecule has 1 fully saturated rings. The second kappa shape index (κ2) is 4.95. The molecule has 4 heteroatoms. The highest BCUT2D eigenvalue weighted by Crippen LogP contribution is 2.38. The van der Waals surface area contributed by atoms with Crippen molar-refractivity contribution in [1.82, 2.24) is 4.90 Å². The molecule has 0 saturated carbocycles. The second-order valence-corrected chi connectivity index (χ2v) is 5.87. The van der Waals surface area contributed by atoms with E-state index in [1.807, 2.05) is 11.3 Å². The van der Waals surface area contributed by atoms with E-state index in [0.29, 0.717) is 12.1 Å². The molecule has 0 bridgehead atoms. The third-order valence-electron chi connectivity index (χ3n) is 2.97. The molecular weight excluding hydrogens is 272 g/mol. The number of rotatable bonds is 3. The first-order chi connectivity index (χ1) is 7.24. The first-order valence-corrected chi connectivity index (χ1v) is 7.13. The molecule has 2 rings (SSSR count). The minimum absolute atomic E-state index is 0.298. The molecule has 84 valence electrons. The molecule has 1 aromatic heterocycles. The van der Waals surface area contributed by atoms with Gasteiger partial charge in [0.25, 0.3) is 0 Å². The lowest BCUT2D eigenvalue weighted by atomic mass is 10.1. The molecule has 1 aliphatic rings. The monoisotopic (exact) mass is 288 g/mol. The van der Waals surface area contributed by atoms with Gasteiger partial charge >= 0.3 is 0 Å². The van der Waals surface area contributed by atoms with Gasteiger partial charge in [-0.3, -0.25) is 4.90 Å². The van der Waals surface area contributed by atoms with E-state index in [2.05, 4.69) is 39.2 Å². The number of likely N-dealkylation sites (tertiary alicyclic amines) is 1. The minimum atomic E-state index is 0.298. The van der Waals surface area contributed by atoms with Crippen molar-refractivity contribution >= 4 is 27.3 Å². The van der Waals surface area contributed by atoms with E-state index in [4.69, 9.17) is 5.73 Å². The Balaban J connectivity index is 2.21. The van der Waals surface area contributed by atoms with Crippen LogP contribution in [0.3, 0.4) is 0 Å². The fourth-order valence-electron chi connectivity index (χ4n) is 2.30. The zero-order chi connectivity index (χ0) is 10.8. The Bertz CT molecular complexity index is 324. The molecule has 1 saturated heterocycles. The number of hydrogen-bond donors (Lipinski definition) is 1. The van der Waals surface area contributed by atoms with E-state index in [1.54, 1.807) is 0 Å². The predicted molar refractivity (Wildman–Crippen MR) is 69.2 cm³/mol. The lowest BCUT2D eigenvalue weighted by Crippen LogP contribution is -2.31. The smallest absolute Gasteiger partial charge is 0.0605 e. The van der Waals surface area contributed by atoms with E-state index >= 15 is 0 Å². The van der Waals surface area contributed by atoms with Gasteiger partial charge in [-0.25, -0.2) is 0 Å². The van der Waals surface area contributed by atoms with Crippen molar-refractivity contribution in [3.05, 3.63) is 20.8 Å². The number of halogens is 1. The van der Waals surface area contributed by atoms with Crippen molar-refractivity contribution < 1.29 is 0 Å². The van der Waals surface area contributed by atoms with Gasteiger partial charge < -0.3 is 5.73 Å². The molecule has 2 unspecified atom stereocenters. The second-order valence-electron chi connectivity index (χ2n) is 4.07. The van der Waals surface area contributed by atoms with Crippen LogP contribution in [0.25, 0.3) is 0 Å². The highest BCUT2D eigenvalue weighted by molar-refractivity contribution is 9.10. The van der Waals surface area contributed by atoms with Gasteiger partial charge in [-0.1, -0.05) is 6.92 Å². The summed E-state index contributed by atoms with van der Waals surface area (Å²) in [6.07, 6.45) is 2.32. The third kappa shape index (κ3) is 2.28. The summed E-state index contributed by atoms with van der Waals surface area (Å²) < 4.78 is 1.22. The van der Waals surface area contributed by atoms with E-state index in [1.165, 1.54) is 15.8 Å². The van der Waals surface area contributed by atoms with Crippen LogP contribution in [0.2, 0.25) is 0 Å². The molecule has 2 heterocycles. The molecule has 2 N–H and O–H groups in total. The van der Waals surface area contributed by atoms with Crippen LogP contribution in [0.1, 0.15) is 30.7 Å². The summed E-state index contributed by atoms with van der Waals surface area (Å²) in [5, 5.41) is 2.13. The number of nitrogens with zero attached hydrogens (tertiary/aromatic N) is 1. The molecule has 1 aliphatic heterocycles. The Hall–Kier alpha value is 0.100. The predicted octanol–water partition coefficient (Wildman–Crippen LogP) is 2.99. The highest BCUT2D eigenvalue weighted by Gasteiger charge is 2.34. The van der Waals surface area contributed by atoms with Crippen LogP contribution in [0, 0.1) is 0 Å². The van der Waals surface area contributed by atoms with Crippen LogP contribution in [0.4, 0.5) is 0 Å².